The first-order valence-electron chi connectivity index (χ1n) is 10.9. The summed E-state index contributed by atoms with van der Waals surface area (Å²) in [5.74, 6) is -0.683. The van der Waals surface area contributed by atoms with Crippen LogP contribution in [0.1, 0.15) is 52.1 Å². The number of carbonyl (C=O) groups excluding carboxylic acids is 1. The van der Waals surface area contributed by atoms with E-state index >= 15 is 0 Å². The molecular weight excluding hydrogens is 459 g/mol. The zero-order chi connectivity index (χ0) is 25.8. The molecule has 3 rings (SSSR count). The fraction of sp³-hybridized carbons (Fsp3) is 0.269. The number of hydrogen-bond donors (Lipinski definition) is 2. The lowest BCUT2D eigenvalue weighted by Gasteiger charge is -2.23. The number of nitrogens with one attached hydrogen (secondary N) is 1. The fourth-order valence-corrected chi connectivity index (χ4v) is 3.85. The van der Waals surface area contributed by atoms with E-state index in [4.69, 9.17) is 10.4 Å². The molecule has 6 nitrogen and oxygen atoms in total. The van der Waals surface area contributed by atoms with Crippen LogP contribution < -0.4 is 10.7 Å². The van der Waals surface area contributed by atoms with Crippen molar-refractivity contribution in [3.8, 4) is 17.2 Å². The zero-order valence-corrected chi connectivity index (χ0v) is 19.2. The maximum Gasteiger partial charge on any atom is 0.416 e. The minimum absolute atomic E-state index is 0.00796. The first-order chi connectivity index (χ1) is 16.6. The highest BCUT2D eigenvalue weighted by Gasteiger charge is 2.31. The summed E-state index contributed by atoms with van der Waals surface area (Å²) in [6.07, 6.45) is -2.92. The Kier molecular flexibility index (Phi) is 7.77. The maximum absolute atomic E-state index is 13.4. The van der Waals surface area contributed by atoms with Crippen LogP contribution in [0.3, 0.4) is 0 Å². The Balaban J connectivity index is 2.22. The number of aliphatic hydroxyl groups is 1. The van der Waals surface area contributed by atoms with E-state index in [9.17, 15) is 22.8 Å². The summed E-state index contributed by atoms with van der Waals surface area (Å²) in [4.78, 5) is 26.2. The van der Waals surface area contributed by atoms with E-state index in [1.54, 1.807) is 35.8 Å². The fourth-order valence-electron chi connectivity index (χ4n) is 3.85. The standard InChI is InChI=1S/C26H24F3N3O3/c1-16(19-9-7-18(14-30)8-10-19)32-15-22(25(35)31-11-4-12-33)24(34)23(17(32)2)20-5-3-6-21(13-20)26(27,28)29/h3,5-10,13,15-16,33H,4,11-12H2,1-2H3,(H,31,35). The molecule has 0 saturated heterocycles. The molecule has 1 aromatic heterocycles. The van der Waals surface area contributed by atoms with Gasteiger partial charge in [-0.3, -0.25) is 9.59 Å². The van der Waals surface area contributed by atoms with Crippen LogP contribution in [0.25, 0.3) is 11.1 Å². The van der Waals surface area contributed by atoms with Crippen molar-refractivity contribution in [3.05, 3.63) is 92.9 Å². The molecule has 0 aliphatic carbocycles. The van der Waals surface area contributed by atoms with Crippen LogP contribution in [0.15, 0.2) is 59.5 Å². The van der Waals surface area contributed by atoms with Gasteiger partial charge in [0.2, 0.25) is 5.43 Å². The van der Waals surface area contributed by atoms with Crippen molar-refractivity contribution in [1.29, 1.82) is 5.26 Å². The van der Waals surface area contributed by atoms with Gasteiger partial charge in [-0.25, -0.2) is 0 Å². The Morgan fingerprint density at radius 2 is 1.89 bits per heavy atom. The number of hydrogen-bond acceptors (Lipinski definition) is 4. The number of nitrogens with zero attached hydrogens (tertiary/aromatic N) is 2. The van der Waals surface area contributed by atoms with Gasteiger partial charge in [0.15, 0.2) is 0 Å². The van der Waals surface area contributed by atoms with Gasteiger partial charge >= 0.3 is 6.18 Å². The van der Waals surface area contributed by atoms with Crippen molar-refractivity contribution in [2.75, 3.05) is 13.2 Å². The van der Waals surface area contributed by atoms with E-state index in [-0.39, 0.29) is 36.3 Å². The highest BCUT2D eigenvalue weighted by atomic mass is 19.4. The van der Waals surface area contributed by atoms with Crippen molar-refractivity contribution in [2.45, 2.75) is 32.5 Å². The molecule has 0 bridgehead atoms. The number of alkyl halides is 3. The Hall–Kier alpha value is -3.90. The van der Waals surface area contributed by atoms with Gasteiger partial charge in [-0.1, -0.05) is 24.3 Å². The predicted molar refractivity (Wildman–Crippen MR) is 125 cm³/mol. The smallest absolute Gasteiger partial charge is 0.396 e. The van der Waals surface area contributed by atoms with Crippen molar-refractivity contribution in [3.63, 3.8) is 0 Å². The van der Waals surface area contributed by atoms with Gasteiger partial charge in [-0.05, 0) is 55.7 Å². The summed E-state index contributed by atoms with van der Waals surface area (Å²) in [5.41, 5.74) is -0.146. The quantitative estimate of drug-likeness (QED) is 0.486. The van der Waals surface area contributed by atoms with E-state index in [2.05, 4.69) is 5.32 Å². The van der Waals surface area contributed by atoms with Crippen molar-refractivity contribution >= 4 is 5.91 Å². The molecule has 0 aliphatic rings. The number of amides is 1. The second-order valence-electron chi connectivity index (χ2n) is 8.06. The number of aromatic nitrogens is 1. The highest BCUT2D eigenvalue weighted by Crippen LogP contribution is 2.33. The Morgan fingerprint density at radius 3 is 2.49 bits per heavy atom. The van der Waals surface area contributed by atoms with Gasteiger partial charge in [0, 0.05) is 30.6 Å². The molecule has 3 aromatic rings. The van der Waals surface area contributed by atoms with Crippen molar-refractivity contribution in [2.24, 2.45) is 0 Å². The molecule has 1 heterocycles. The minimum atomic E-state index is -4.60. The summed E-state index contributed by atoms with van der Waals surface area (Å²) < 4.78 is 41.8. The Bertz CT molecular complexity index is 1320. The van der Waals surface area contributed by atoms with Crippen molar-refractivity contribution < 1.29 is 23.1 Å². The lowest BCUT2D eigenvalue weighted by molar-refractivity contribution is -0.137. The molecule has 0 radical (unpaired) electrons. The number of benzene rings is 2. The third-order valence-electron chi connectivity index (χ3n) is 5.77. The second-order valence-corrected chi connectivity index (χ2v) is 8.06. The van der Waals surface area contributed by atoms with Gasteiger partial charge in [0.1, 0.15) is 5.56 Å². The van der Waals surface area contributed by atoms with E-state index in [1.807, 2.05) is 13.0 Å². The van der Waals surface area contributed by atoms with Crippen LogP contribution in [0, 0.1) is 18.3 Å². The summed E-state index contributed by atoms with van der Waals surface area (Å²) in [6, 6.07) is 12.8. The third kappa shape index (κ3) is 5.61. The molecule has 182 valence electrons. The van der Waals surface area contributed by atoms with Crippen LogP contribution >= 0.6 is 0 Å². The van der Waals surface area contributed by atoms with E-state index in [0.29, 0.717) is 11.3 Å². The predicted octanol–water partition coefficient (Wildman–Crippen LogP) is 4.44. The summed E-state index contributed by atoms with van der Waals surface area (Å²) in [7, 11) is 0. The third-order valence-corrected chi connectivity index (χ3v) is 5.77. The van der Waals surface area contributed by atoms with Gasteiger partial charge in [-0.15, -0.1) is 0 Å². The normalized spacial score (nSPS) is 12.1. The molecule has 1 amide bonds. The number of halogens is 3. The summed E-state index contributed by atoms with van der Waals surface area (Å²) in [5, 5.41) is 20.6. The molecule has 2 N–H and O–H groups in total. The second kappa shape index (κ2) is 10.6. The molecule has 0 aliphatic heterocycles. The number of rotatable bonds is 7. The van der Waals surface area contributed by atoms with Gasteiger partial charge in [0.25, 0.3) is 5.91 Å². The Morgan fingerprint density at radius 1 is 1.20 bits per heavy atom. The topological polar surface area (TPSA) is 95.1 Å². The molecule has 1 atom stereocenters. The summed E-state index contributed by atoms with van der Waals surface area (Å²) >= 11 is 0. The molecule has 35 heavy (non-hydrogen) atoms. The van der Waals surface area contributed by atoms with Crippen LogP contribution in [0.2, 0.25) is 0 Å². The minimum Gasteiger partial charge on any atom is -0.396 e. The lowest BCUT2D eigenvalue weighted by Crippen LogP contribution is -2.32. The van der Waals surface area contributed by atoms with Crippen LogP contribution in [-0.2, 0) is 6.18 Å². The SMILES string of the molecule is Cc1c(-c2cccc(C(F)(F)F)c2)c(=O)c(C(=O)NCCCO)cn1C(C)c1ccc(C#N)cc1. The molecule has 0 fully saturated rings. The van der Waals surface area contributed by atoms with E-state index in [1.165, 1.54) is 18.3 Å². The van der Waals surface area contributed by atoms with Gasteiger partial charge < -0.3 is 15.0 Å². The number of carbonyl (C=O) groups is 1. The van der Waals surface area contributed by atoms with Crippen LogP contribution in [-0.4, -0.2) is 28.7 Å². The largest absolute Gasteiger partial charge is 0.416 e. The van der Waals surface area contributed by atoms with E-state index in [0.717, 1.165) is 17.7 Å². The molecule has 1 unspecified atom stereocenters. The molecule has 0 spiro atoms. The first-order valence-corrected chi connectivity index (χ1v) is 10.9. The summed E-state index contributed by atoms with van der Waals surface area (Å²) in [6.45, 7) is 3.42. The van der Waals surface area contributed by atoms with Gasteiger partial charge in [0.05, 0.1) is 23.2 Å². The zero-order valence-electron chi connectivity index (χ0n) is 19.2. The van der Waals surface area contributed by atoms with Gasteiger partial charge in [-0.2, -0.15) is 18.4 Å². The monoisotopic (exact) mass is 483 g/mol. The number of pyridine rings is 1. The van der Waals surface area contributed by atoms with Crippen LogP contribution in [0.4, 0.5) is 13.2 Å². The molecule has 0 saturated carbocycles. The first kappa shape index (κ1) is 25.7. The lowest BCUT2D eigenvalue weighted by atomic mass is 9.97. The number of aliphatic hydroxyl groups excluding tert-OH is 1. The molecular formula is C26H24F3N3O3. The molecule has 2 aromatic carbocycles. The average Bonchev–Trinajstić information content (AvgIpc) is 2.83. The highest BCUT2D eigenvalue weighted by molar-refractivity contribution is 5.95. The maximum atomic E-state index is 13.4. The van der Waals surface area contributed by atoms with E-state index < -0.39 is 29.1 Å². The van der Waals surface area contributed by atoms with Crippen molar-refractivity contribution in [1.82, 2.24) is 9.88 Å². The average molecular weight is 483 g/mol. The molecule has 9 heteroatoms. The number of nitriles is 1. The van der Waals surface area contributed by atoms with Crippen LogP contribution in [0.5, 0.6) is 0 Å². The Labute approximate surface area is 200 Å².